The number of benzene rings is 1. The van der Waals surface area contributed by atoms with Crippen LogP contribution in [0.5, 0.6) is 11.5 Å². The van der Waals surface area contributed by atoms with Crippen molar-refractivity contribution in [1.82, 2.24) is 9.88 Å². The topological polar surface area (TPSA) is 80.8 Å². The molecule has 136 valence electrons. The maximum Gasteiger partial charge on any atom is 0.274 e. The number of hydrogen-bond acceptors (Lipinski definition) is 5. The molecule has 0 fully saturated rings. The molecule has 0 saturated carbocycles. The van der Waals surface area contributed by atoms with Crippen molar-refractivity contribution in [2.75, 3.05) is 31.6 Å². The van der Waals surface area contributed by atoms with Gasteiger partial charge in [0.2, 0.25) is 0 Å². The molecule has 7 heteroatoms. The minimum Gasteiger partial charge on any atom is -0.486 e. The van der Waals surface area contributed by atoms with Crippen molar-refractivity contribution in [3.8, 4) is 11.5 Å². The Balaban J connectivity index is 1.76. The van der Waals surface area contributed by atoms with Gasteiger partial charge in [0.15, 0.2) is 11.5 Å². The van der Waals surface area contributed by atoms with Gasteiger partial charge in [-0.1, -0.05) is 6.07 Å². The van der Waals surface area contributed by atoms with Crippen LogP contribution in [-0.4, -0.2) is 48.0 Å². The third-order valence-electron chi connectivity index (χ3n) is 4.05. The van der Waals surface area contributed by atoms with Crippen LogP contribution in [0.4, 0.5) is 5.69 Å². The second-order valence-electron chi connectivity index (χ2n) is 5.70. The van der Waals surface area contributed by atoms with Crippen LogP contribution >= 0.6 is 0 Å². The van der Waals surface area contributed by atoms with E-state index in [0.717, 1.165) is 0 Å². The summed E-state index contributed by atoms with van der Waals surface area (Å²) in [5.41, 5.74) is 1.00. The summed E-state index contributed by atoms with van der Waals surface area (Å²) in [6.07, 6.45) is 0. The first-order valence-corrected chi connectivity index (χ1v) is 8.59. The van der Waals surface area contributed by atoms with Gasteiger partial charge in [-0.05, 0) is 38.1 Å². The molecule has 0 bridgehead atoms. The Morgan fingerprint density at radius 1 is 1.04 bits per heavy atom. The van der Waals surface area contributed by atoms with E-state index >= 15 is 0 Å². The molecule has 2 amide bonds. The summed E-state index contributed by atoms with van der Waals surface area (Å²) >= 11 is 0. The zero-order valence-electron chi connectivity index (χ0n) is 14.8. The van der Waals surface area contributed by atoms with Gasteiger partial charge in [-0.15, -0.1) is 0 Å². The van der Waals surface area contributed by atoms with Crippen molar-refractivity contribution in [1.29, 1.82) is 0 Å². The molecule has 2 heterocycles. The van der Waals surface area contributed by atoms with Crippen molar-refractivity contribution in [3.05, 3.63) is 47.8 Å². The number of carbonyl (C=O) groups is 2. The summed E-state index contributed by atoms with van der Waals surface area (Å²) in [5.74, 6) is 0.659. The summed E-state index contributed by atoms with van der Waals surface area (Å²) in [6.45, 7) is 5.96. The zero-order valence-corrected chi connectivity index (χ0v) is 14.8. The van der Waals surface area contributed by atoms with E-state index in [1.807, 2.05) is 13.8 Å². The average Bonchev–Trinajstić information content (AvgIpc) is 2.69. The lowest BCUT2D eigenvalue weighted by atomic mass is 10.2. The van der Waals surface area contributed by atoms with Crippen molar-refractivity contribution in [2.24, 2.45) is 0 Å². The second-order valence-corrected chi connectivity index (χ2v) is 5.70. The zero-order chi connectivity index (χ0) is 18.5. The first-order chi connectivity index (χ1) is 12.6. The predicted molar refractivity (Wildman–Crippen MR) is 96.9 cm³/mol. The van der Waals surface area contributed by atoms with Crippen molar-refractivity contribution in [2.45, 2.75) is 13.8 Å². The van der Waals surface area contributed by atoms with Gasteiger partial charge in [0, 0.05) is 24.8 Å². The standard InChI is InChI=1S/C19H21N3O4/c1-3-22(4-2)19(24)15-7-5-6-14(21-15)18(23)20-13-8-9-16-17(12-13)26-11-10-25-16/h5-9,12H,3-4,10-11H2,1-2H3,(H,20,23). The van der Waals surface area contributed by atoms with Gasteiger partial charge in [0.05, 0.1) is 0 Å². The molecule has 1 N–H and O–H groups in total. The number of rotatable bonds is 5. The van der Waals surface area contributed by atoms with Gasteiger partial charge < -0.3 is 19.7 Å². The highest BCUT2D eigenvalue weighted by Crippen LogP contribution is 2.32. The fourth-order valence-corrected chi connectivity index (χ4v) is 2.67. The molecule has 1 aromatic heterocycles. The number of carbonyl (C=O) groups excluding carboxylic acids is 2. The molecule has 26 heavy (non-hydrogen) atoms. The highest BCUT2D eigenvalue weighted by molar-refractivity contribution is 6.04. The number of hydrogen-bond donors (Lipinski definition) is 1. The van der Waals surface area contributed by atoms with Crippen molar-refractivity contribution in [3.63, 3.8) is 0 Å². The van der Waals surface area contributed by atoms with E-state index < -0.39 is 5.91 Å². The number of nitrogens with zero attached hydrogens (tertiary/aromatic N) is 2. The predicted octanol–water partition coefficient (Wildman–Crippen LogP) is 2.59. The average molecular weight is 355 g/mol. The molecule has 0 radical (unpaired) electrons. The summed E-state index contributed by atoms with van der Waals surface area (Å²) in [5, 5.41) is 2.77. The fraction of sp³-hybridized carbons (Fsp3) is 0.316. The third-order valence-corrected chi connectivity index (χ3v) is 4.05. The van der Waals surface area contributed by atoms with E-state index in [9.17, 15) is 9.59 Å². The number of pyridine rings is 1. The Kier molecular flexibility index (Phi) is 5.36. The number of ether oxygens (including phenoxy) is 2. The molecule has 1 aliphatic heterocycles. The Morgan fingerprint density at radius 2 is 1.73 bits per heavy atom. The van der Waals surface area contributed by atoms with E-state index in [1.54, 1.807) is 41.3 Å². The van der Waals surface area contributed by atoms with E-state index in [-0.39, 0.29) is 17.3 Å². The highest BCUT2D eigenvalue weighted by Gasteiger charge is 2.17. The maximum absolute atomic E-state index is 12.5. The lowest BCUT2D eigenvalue weighted by Crippen LogP contribution is -2.31. The molecule has 2 aromatic rings. The van der Waals surface area contributed by atoms with Crippen LogP contribution in [0, 0.1) is 0 Å². The summed E-state index contributed by atoms with van der Waals surface area (Å²) in [7, 11) is 0. The number of anilines is 1. The van der Waals surface area contributed by atoms with Gasteiger partial charge in [-0.3, -0.25) is 9.59 Å². The SMILES string of the molecule is CCN(CC)C(=O)c1cccc(C(=O)Nc2ccc3c(c2)OCCO3)n1. The van der Waals surface area contributed by atoms with E-state index in [0.29, 0.717) is 43.5 Å². The quantitative estimate of drug-likeness (QED) is 0.892. The summed E-state index contributed by atoms with van der Waals surface area (Å²) in [4.78, 5) is 30.8. The molecule has 3 rings (SSSR count). The van der Waals surface area contributed by atoms with E-state index in [2.05, 4.69) is 10.3 Å². The smallest absolute Gasteiger partial charge is 0.274 e. The molecule has 0 unspecified atom stereocenters. The number of nitrogens with one attached hydrogen (secondary N) is 1. The molecular weight excluding hydrogens is 334 g/mol. The van der Waals surface area contributed by atoms with Crippen LogP contribution < -0.4 is 14.8 Å². The molecule has 7 nitrogen and oxygen atoms in total. The normalized spacial score (nSPS) is 12.4. The highest BCUT2D eigenvalue weighted by atomic mass is 16.6. The lowest BCUT2D eigenvalue weighted by molar-refractivity contribution is 0.0767. The first-order valence-electron chi connectivity index (χ1n) is 8.59. The number of fused-ring (bicyclic) bond motifs is 1. The van der Waals surface area contributed by atoms with Crippen LogP contribution in [0.1, 0.15) is 34.8 Å². The van der Waals surface area contributed by atoms with Crippen LogP contribution in [0.2, 0.25) is 0 Å². The van der Waals surface area contributed by atoms with E-state index in [1.165, 1.54) is 0 Å². The molecular formula is C19H21N3O4. The third kappa shape index (κ3) is 3.77. The molecule has 1 aliphatic rings. The van der Waals surface area contributed by atoms with Crippen LogP contribution in [0.15, 0.2) is 36.4 Å². The number of amides is 2. The fourth-order valence-electron chi connectivity index (χ4n) is 2.67. The Hall–Kier alpha value is -3.09. The lowest BCUT2D eigenvalue weighted by Gasteiger charge is -2.19. The van der Waals surface area contributed by atoms with Crippen molar-refractivity contribution < 1.29 is 19.1 Å². The molecule has 0 atom stereocenters. The van der Waals surface area contributed by atoms with Crippen LogP contribution in [0.25, 0.3) is 0 Å². The first kappa shape index (κ1) is 17.7. The number of aromatic nitrogens is 1. The Bertz CT molecular complexity index is 818. The minimum absolute atomic E-state index is 0.179. The Morgan fingerprint density at radius 3 is 2.46 bits per heavy atom. The molecule has 1 aromatic carbocycles. The maximum atomic E-state index is 12.5. The molecule has 0 aliphatic carbocycles. The van der Waals surface area contributed by atoms with E-state index in [4.69, 9.17) is 9.47 Å². The minimum atomic E-state index is -0.393. The van der Waals surface area contributed by atoms with Gasteiger partial charge in [0.25, 0.3) is 11.8 Å². The molecule has 0 spiro atoms. The van der Waals surface area contributed by atoms with Crippen LogP contribution in [0.3, 0.4) is 0 Å². The van der Waals surface area contributed by atoms with Gasteiger partial charge in [0.1, 0.15) is 24.6 Å². The monoisotopic (exact) mass is 355 g/mol. The second kappa shape index (κ2) is 7.86. The van der Waals surface area contributed by atoms with Crippen LogP contribution in [-0.2, 0) is 0 Å². The van der Waals surface area contributed by atoms with Gasteiger partial charge in [-0.2, -0.15) is 0 Å². The largest absolute Gasteiger partial charge is 0.486 e. The van der Waals surface area contributed by atoms with Gasteiger partial charge in [-0.25, -0.2) is 4.98 Å². The van der Waals surface area contributed by atoms with Crippen molar-refractivity contribution >= 4 is 17.5 Å². The Labute approximate surface area is 151 Å². The van der Waals surface area contributed by atoms with Gasteiger partial charge >= 0.3 is 0 Å². The summed E-state index contributed by atoms with van der Waals surface area (Å²) in [6, 6.07) is 10.0. The summed E-state index contributed by atoms with van der Waals surface area (Å²) < 4.78 is 11.0. The molecule has 0 saturated heterocycles.